The zero-order chi connectivity index (χ0) is 13.2. The molecule has 0 amide bonds. The van der Waals surface area contributed by atoms with E-state index in [1.165, 1.54) is 0 Å². The van der Waals surface area contributed by atoms with Gasteiger partial charge in [0.15, 0.2) is 11.5 Å². The maximum Gasteiger partial charge on any atom is 0.161 e. The van der Waals surface area contributed by atoms with E-state index in [2.05, 4.69) is 0 Å². The number of rotatable bonds is 2. The lowest BCUT2D eigenvalue weighted by Gasteiger charge is -2.12. The predicted octanol–water partition coefficient (Wildman–Crippen LogP) is 2.83. The van der Waals surface area contributed by atoms with Crippen LogP contribution in [0.4, 0.5) is 0 Å². The van der Waals surface area contributed by atoms with Crippen LogP contribution in [0.2, 0.25) is 0 Å². The SMILES string of the molecule is Cc1cc(C(O)c2ccc3c(c2)OCCCO3)co1. The van der Waals surface area contributed by atoms with Crippen LogP contribution in [-0.2, 0) is 0 Å². The molecule has 100 valence electrons. The maximum atomic E-state index is 10.3. The fourth-order valence-corrected chi connectivity index (χ4v) is 2.15. The molecule has 1 atom stereocenters. The highest BCUT2D eigenvalue weighted by atomic mass is 16.5. The van der Waals surface area contributed by atoms with E-state index in [-0.39, 0.29) is 0 Å². The number of aliphatic hydroxyl groups excluding tert-OH is 1. The minimum absolute atomic E-state index is 0.636. The van der Waals surface area contributed by atoms with E-state index in [0.717, 1.165) is 29.1 Å². The molecule has 2 heterocycles. The van der Waals surface area contributed by atoms with Gasteiger partial charge in [-0.05, 0) is 30.7 Å². The number of fused-ring (bicyclic) bond motifs is 1. The summed E-state index contributed by atoms with van der Waals surface area (Å²) in [6.45, 7) is 3.15. The highest BCUT2D eigenvalue weighted by Gasteiger charge is 2.17. The molecule has 1 unspecified atom stereocenters. The summed E-state index contributed by atoms with van der Waals surface area (Å²) < 4.78 is 16.4. The van der Waals surface area contributed by atoms with Gasteiger partial charge >= 0.3 is 0 Å². The van der Waals surface area contributed by atoms with Gasteiger partial charge in [-0.1, -0.05) is 6.07 Å². The average molecular weight is 260 g/mol. The Morgan fingerprint density at radius 3 is 2.58 bits per heavy atom. The Bertz CT molecular complexity index is 573. The smallest absolute Gasteiger partial charge is 0.161 e. The molecule has 0 spiro atoms. The molecule has 0 bridgehead atoms. The van der Waals surface area contributed by atoms with Crippen LogP contribution in [0, 0.1) is 6.92 Å². The minimum atomic E-state index is -0.713. The average Bonchev–Trinajstić information content (AvgIpc) is 2.72. The van der Waals surface area contributed by atoms with E-state index >= 15 is 0 Å². The van der Waals surface area contributed by atoms with Crippen LogP contribution in [-0.4, -0.2) is 18.3 Å². The van der Waals surface area contributed by atoms with Crippen molar-refractivity contribution in [2.75, 3.05) is 13.2 Å². The summed E-state index contributed by atoms with van der Waals surface area (Å²) in [4.78, 5) is 0. The predicted molar refractivity (Wildman–Crippen MR) is 69.6 cm³/mol. The summed E-state index contributed by atoms with van der Waals surface area (Å²) in [5.41, 5.74) is 1.51. The molecule has 0 saturated carbocycles. The van der Waals surface area contributed by atoms with Gasteiger partial charge in [-0.2, -0.15) is 0 Å². The van der Waals surface area contributed by atoms with Gasteiger partial charge in [-0.3, -0.25) is 0 Å². The van der Waals surface area contributed by atoms with E-state index < -0.39 is 6.10 Å². The van der Waals surface area contributed by atoms with Crippen LogP contribution in [0.5, 0.6) is 11.5 Å². The third-order valence-corrected chi connectivity index (χ3v) is 3.15. The molecule has 0 radical (unpaired) electrons. The second-order valence-corrected chi connectivity index (χ2v) is 4.65. The summed E-state index contributed by atoms with van der Waals surface area (Å²) in [5.74, 6) is 2.20. The Kier molecular flexibility index (Phi) is 3.17. The molecule has 1 aromatic carbocycles. The Balaban J connectivity index is 1.91. The molecule has 4 heteroatoms. The number of aliphatic hydroxyl groups is 1. The first kappa shape index (κ1) is 12.1. The highest BCUT2D eigenvalue weighted by Crippen LogP contribution is 2.34. The second kappa shape index (κ2) is 4.97. The lowest BCUT2D eigenvalue weighted by molar-refractivity contribution is 0.218. The monoisotopic (exact) mass is 260 g/mol. The van der Waals surface area contributed by atoms with Gasteiger partial charge in [0.25, 0.3) is 0 Å². The summed E-state index contributed by atoms with van der Waals surface area (Å²) in [6.07, 6.45) is 1.73. The lowest BCUT2D eigenvalue weighted by atomic mass is 10.0. The molecule has 1 aliphatic rings. The number of aryl methyl sites for hydroxylation is 1. The van der Waals surface area contributed by atoms with Crippen molar-refractivity contribution in [1.29, 1.82) is 0 Å². The van der Waals surface area contributed by atoms with Crippen molar-refractivity contribution >= 4 is 0 Å². The van der Waals surface area contributed by atoms with Gasteiger partial charge in [0.1, 0.15) is 11.9 Å². The van der Waals surface area contributed by atoms with Gasteiger partial charge in [-0.15, -0.1) is 0 Å². The number of benzene rings is 1. The normalized spacial score (nSPS) is 15.9. The molecule has 1 N–H and O–H groups in total. The number of ether oxygens (including phenoxy) is 2. The molecule has 0 fully saturated rings. The van der Waals surface area contributed by atoms with Crippen molar-refractivity contribution in [3.63, 3.8) is 0 Å². The van der Waals surface area contributed by atoms with Crippen LogP contribution in [0.1, 0.15) is 29.4 Å². The molecular formula is C15H16O4. The molecule has 1 aromatic heterocycles. The van der Waals surface area contributed by atoms with E-state index in [0.29, 0.717) is 19.0 Å². The lowest BCUT2D eigenvalue weighted by Crippen LogP contribution is -2.00. The molecular weight excluding hydrogens is 244 g/mol. The molecule has 19 heavy (non-hydrogen) atoms. The number of hydrogen-bond donors (Lipinski definition) is 1. The molecule has 0 aliphatic carbocycles. The summed E-state index contributed by atoms with van der Waals surface area (Å²) in [7, 11) is 0. The van der Waals surface area contributed by atoms with Crippen LogP contribution in [0.15, 0.2) is 34.9 Å². The zero-order valence-corrected chi connectivity index (χ0v) is 10.8. The molecule has 1 aliphatic heterocycles. The van der Waals surface area contributed by atoms with Gasteiger partial charge in [-0.25, -0.2) is 0 Å². The van der Waals surface area contributed by atoms with Crippen LogP contribution >= 0.6 is 0 Å². The summed E-state index contributed by atoms with van der Waals surface area (Å²) in [5, 5.41) is 10.3. The van der Waals surface area contributed by atoms with Gasteiger partial charge < -0.3 is 19.0 Å². The second-order valence-electron chi connectivity index (χ2n) is 4.65. The van der Waals surface area contributed by atoms with Gasteiger partial charge in [0.2, 0.25) is 0 Å². The Morgan fingerprint density at radius 1 is 1.05 bits per heavy atom. The molecule has 0 saturated heterocycles. The minimum Gasteiger partial charge on any atom is -0.490 e. The van der Waals surface area contributed by atoms with Crippen LogP contribution in [0.25, 0.3) is 0 Å². The van der Waals surface area contributed by atoms with Crippen LogP contribution < -0.4 is 9.47 Å². The van der Waals surface area contributed by atoms with E-state index in [1.54, 1.807) is 6.26 Å². The Labute approximate surface area is 111 Å². The largest absolute Gasteiger partial charge is 0.490 e. The highest BCUT2D eigenvalue weighted by molar-refractivity contribution is 5.45. The van der Waals surface area contributed by atoms with Crippen molar-refractivity contribution in [2.24, 2.45) is 0 Å². The van der Waals surface area contributed by atoms with Crippen molar-refractivity contribution in [3.8, 4) is 11.5 Å². The third kappa shape index (κ3) is 2.44. The summed E-state index contributed by atoms with van der Waals surface area (Å²) in [6, 6.07) is 7.34. The first-order valence-corrected chi connectivity index (χ1v) is 6.37. The Hall–Kier alpha value is -1.94. The van der Waals surface area contributed by atoms with E-state index in [1.807, 2.05) is 31.2 Å². The fraction of sp³-hybridized carbons (Fsp3) is 0.333. The van der Waals surface area contributed by atoms with Crippen LogP contribution in [0.3, 0.4) is 0 Å². The first-order chi connectivity index (χ1) is 9.24. The van der Waals surface area contributed by atoms with Gasteiger partial charge in [0, 0.05) is 12.0 Å². The number of hydrogen-bond acceptors (Lipinski definition) is 4. The topological polar surface area (TPSA) is 51.8 Å². The van der Waals surface area contributed by atoms with E-state index in [9.17, 15) is 5.11 Å². The standard InChI is InChI=1S/C15H16O4/c1-10-7-12(9-19-10)15(16)11-3-4-13-14(8-11)18-6-2-5-17-13/h3-4,7-9,15-16H,2,5-6H2,1H3. The molecule has 3 rings (SSSR count). The Morgan fingerprint density at radius 2 is 1.84 bits per heavy atom. The van der Waals surface area contributed by atoms with Gasteiger partial charge in [0.05, 0.1) is 19.5 Å². The fourth-order valence-electron chi connectivity index (χ4n) is 2.15. The van der Waals surface area contributed by atoms with Crippen molar-refractivity contribution in [2.45, 2.75) is 19.4 Å². The van der Waals surface area contributed by atoms with Crippen molar-refractivity contribution in [1.82, 2.24) is 0 Å². The summed E-state index contributed by atoms with van der Waals surface area (Å²) >= 11 is 0. The van der Waals surface area contributed by atoms with Crippen molar-refractivity contribution in [3.05, 3.63) is 47.4 Å². The van der Waals surface area contributed by atoms with E-state index in [4.69, 9.17) is 13.9 Å². The van der Waals surface area contributed by atoms with Crippen molar-refractivity contribution < 1.29 is 19.0 Å². The first-order valence-electron chi connectivity index (χ1n) is 6.37. The molecule has 2 aromatic rings. The quantitative estimate of drug-likeness (QED) is 0.902. The third-order valence-electron chi connectivity index (χ3n) is 3.15. The zero-order valence-electron chi connectivity index (χ0n) is 10.8. The molecule has 4 nitrogen and oxygen atoms in total. The number of furan rings is 1. The maximum absolute atomic E-state index is 10.3.